The summed E-state index contributed by atoms with van der Waals surface area (Å²) in [4.78, 5) is 0. The van der Waals surface area contributed by atoms with Gasteiger partial charge in [-0.3, -0.25) is 0 Å². The summed E-state index contributed by atoms with van der Waals surface area (Å²) in [5.74, 6) is 0. The first-order valence-corrected chi connectivity index (χ1v) is 6.19. The summed E-state index contributed by atoms with van der Waals surface area (Å²) in [6.45, 7) is 0. The van der Waals surface area contributed by atoms with Gasteiger partial charge in [0.25, 0.3) is 0 Å². The summed E-state index contributed by atoms with van der Waals surface area (Å²) in [6, 6.07) is 3.92. The molecule has 1 saturated carbocycles. The van der Waals surface area contributed by atoms with E-state index < -0.39 is 11.7 Å². The van der Waals surface area contributed by atoms with Gasteiger partial charge < -0.3 is 11.1 Å². The third-order valence-corrected chi connectivity index (χ3v) is 3.26. The Hall–Kier alpha value is -1.39. The van der Waals surface area contributed by atoms with E-state index in [2.05, 4.69) is 5.32 Å². The third kappa shape index (κ3) is 3.31. The molecule has 0 amide bonds. The molecule has 1 aromatic carbocycles. The van der Waals surface area contributed by atoms with Crippen molar-refractivity contribution in [3.63, 3.8) is 0 Å². The SMILES string of the molecule is Nc1cc(NC2CCCCC2)cc(C(F)(F)F)c1. The van der Waals surface area contributed by atoms with Crippen molar-refractivity contribution in [2.75, 3.05) is 11.1 Å². The molecule has 0 heterocycles. The highest BCUT2D eigenvalue weighted by Crippen LogP contribution is 2.33. The van der Waals surface area contributed by atoms with E-state index in [0.717, 1.165) is 37.8 Å². The average molecular weight is 258 g/mol. The number of hydrogen-bond acceptors (Lipinski definition) is 2. The second-order valence-electron chi connectivity index (χ2n) is 4.82. The molecule has 1 aliphatic carbocycles. The van der Waals surface area contributed by atoms with E-state index in [0.29, 0.717) is 5.69 Å². The van der Waals surface area contributed by atoms with Gasteiger partial charge in [0.05, 0.1) is 5.56 Å². The van der Waals surface area contributed by atoms with Crippen LogP contribution in [-0.2, 0) is 6.18 Å². The summed E-state index contributed by atoms with van der Waals surface area (Å²) in [7, 11) is 0. The van der Waals surface area contributed by atoms with Gasteiger partial charge in [0.15, 0.2) is 0 Å². The number of benzene rings is 1. The van der Waals surface area contributed by atoms with Crippen molar-refractivity contribution < 1.29 is 13.2 Å². The van der Waals surface area contributed by atoms with Gasteiger partial charge in [-0.15, -0.1) is 0 Å². The zero-order chi connectivity index (χ0) is 13.2. The number of alkyl halides is 3. The lowest BCUT2D eigenvalue weighted by atomic mass is 9.95. The fraction of sp³-hybridized carbons (Fsp3) is 0.538. The van der Waals surface area contributed by atoms with Crippen molar-refractivity contribution in [3.8, 4) is 0 Å². The van der Waals surface area contributed by atoms with E-state index in [-0.39, 0.29) is 11.7 Å². The van der Waals surface area contributed by atoms with Crippen molar-refractivity contribution >= 4 is 11.4 Å². The van der Waals surface area contributed by atoms with Crippen molar-refractivity contribution in [1.29, 1.82) is 0 Å². The second kappa shape index (κ2) is 5.08. The zero-order valence-electron chi connectivity index (χ0n) is 10.1. The van der Waals surface area contributed by atoms with Gasteiger partial charge in [-0.1, -0.05) is 19.3 Å². The van der Waals surface area contributed by atoms with E-state index in [4.69, 9.17) is 5.73 Å². The largest absolute Gasteiger partial charge is 0.416 e. The summed E-state index contributed by atoms with van der Waals surface area (Å²) >= 11 is 0. The van der Waals surface area contributed by atoms with Crippen molar-refractivity contribution in [3.05, 3.63) is 23.8 Å². The molecule has 5 heteroatoms. The molecule has 0 aromatic heterocycles. The number of rotatable bonds is 2. The normalized spacial score (nSPS) is 17.7. The molecule has 0 radical (unpaired) electrons. The molecular formula is C13H17F3N2. The fourth-order valence-corrected chi connectivity index (χ4v) is 2.38. The molecule has 2 rings (SSSR count). The maximum absolute atomic E-state index is 12.6. The Morgan fingerprint density at radius 3 is 2.33 bits per heavy atom. The van der Waals surface area contributed by atoms with Crippen LogP contribution < -0.4 is 11.1 Å². The van der Waals surface area contributed by atoms with Gasteiger partial charge in [-0.05, 0) is 31.0 Å². The molecule has 0 saturated heterocycles. The Kier molecular flexibility index (Phi) is 3.68. The smallest absolute Gasteiger partial charge is 0.399 e. The lowest BCUT2D eigenvalue weighted by Gasteiger charge is -2.24. The molecule has 0 unspecified atom stereocenters. The minimum absolute atomic E-state index is 0.142. The molecule has 0 atom stereocenters. The van der Waals surface area contributed by atoms with Crippen molar-refractivity contribution in [1.82, 2.24) is 0 Å². The number of nitrogens with two attached hydrogens (primary N) is 1. The van der Waals surface area contributed by atoms with Crippen LogP contribution in [0.4, 0.5) is 24.5 Å². The number of nitrogen functional groups attached to an aromatic ring is 1. The molecule has 1 fully saturated rings. The van der Waals surface area contributed by atoms with E-state index in [1.165, 1.54) is 6.42 Å². The topological polar surface area (TPSA) is 38.0 Å². The van der Waals surface area contributed by atoms with Crippen LogP contribution >= 0.6 is 0 Å². The van der Waals surface area contributed by atoms with Gasteiger partial charge in [-0.25, -0.2) is 0 Å². The number of anilines is 2. The van der Waals surface area contributed by atoms with Gasteiger partial charge in [0.2, 0.25) is 0 Å². The van der Waals surface area contributed by atoms with Crippen LogP contribution in [0.3, 0.4) is 0 Å². The monoisotopic (exact) mass is 258 g/mol. The molecular weight excluding hydrogens is 241 g/mol. The van der Waals surface area contributed by atoms with Crippen LogP contribution in [0.5, 0.6) is 0 Å². The maximum atomic E-state index is 12.6. The Bertz CT molecular complexity index is 409. The molecule has 0 bridgehead atoms. The first kappa shape index (κ1) is 13.1. The summed E-state index contributed by atoms with van der Waals surface area (Å²) in [6.07, 6.45) is 1.14. The highest BCUT2D eigenvalue weighted by molar-refractivity contribution is 5.58. The zero-order valence-corrected chi connectivity index (χ0v) is 10.1. The van der Waals surface area contributed by atoms with E-state index in [1.54, 1.807) is 6.07 Å². The van der Waals surface area contributed by atoms with Gasteiger partial charge in [0, 0.05) is 17.4 Å². The standard InChI is InChI=1S/C13H17F3N2/c14-13(15,16)9-6-10(17)8-12(7-9)18-11-4-2-1-3-5-11/h6-8,11,18H,1-5,17H2. The van der Waals surface area contributed by atoms with Crippen LogP contribution in [0.2, 0.25) is 0 Å². The van der Waals surface area contributed by atoms with Crippen LogP contribution in [0.25, 0.3) is 0 Å². The number of nitrogens with one attached hydrogen (secondary N) is 1. The second-order valence-corrected chi connectivity index (χ2v) is 4.82. The first-order valence-electron chi connectivity index (χ1n) is 6.19. The molecule has 1 aromatic rings. The van der Waals surface area contributed by atoms with Crippen LogP contribution in [0, 0.1) is 0 Å². The number of hydrogen-bond donors (Lipinski definition) is 2. The molecule has 1 aliphatic rings. The van der Waals surface area contributed by atoms with Gasteiger partial charge >= 0.3 is 6.18 Å². The highest BCUT2D eigenvalue weighted by atomic mass is 19.4. The molecule has 18 heavy (non-hydrogen) atoms. The predicted molar refractivity (Wildman–Crippen MR) is 66.4 cm³/mol. The quantitative estimate of drug-likeness (QED) is 0.786. The van der Waals surface area contributed by atoms with Crippen LogP contribution in [0.1, 0.15) is 37.7 Å². The highest BCUT2D eigenvalue weighted by Gasteiger charge is 2.31. The Morgan fingerprint density at radius 1 is 1.06 bits per heavy atom. The lowest BCUT2D eigenvalue weighted by Crippen LogP contribution is -2.22. The minimum Gasteiger partial charge on any atom is -0.399 e. The molecule has 0 spiro atoms. The predicted octanol–water partition coefficient (Wildman–Crippen LogP) is 4.03. The molecule has 0 aliphatic heterocycles. The van der Waals surface area contributed by atoms with Crippen molar-refractivity contribution in [2.24, 2.45) is 0 Å². The van der Waals surface area contributed by atoms with Gasteiger partial charge in [-0.2, -0.15) is 13.2 Å². The summed E-state index contributed by atoms with van der Waals surface area (Å²) in [5, 5.41) is 3.15. The molecule has 3 N–H and O–H groups in total. The van der Waals surface area contributed by atoms with E-state index >= 15 is 0 Å². The maximum Gasteiger partial charge on any atom is 0.416 e. The van der Waals surface area contributed by atoms with Crippen LogP contribution in [0.15, 0.2) is 18.2 Å². The Labute approximate surface area is 104 Å². The van der Waals surface area contributed by atoms with Crippen molar-refractivity contribution in [2.45, 2.75) is 44.3 Å². The van der Waals surface area contributed by atoms with E-state index in [9.17, 15) is 13.2 Å². The molecule has 2 nitrogen and oxygen atoms in total. The Balaban J connectivity index is 2.14. The van der Waals surface area contributed by atoms with Gasteiger partial charge in [0.1, 0.15) is 0 Å². The lowest BCUT2D eigenvalue weighted by molar-refractivity contribution is -0.137. The summed E-state index contributed by atoms with van der Waals surface area (Å²) < 4.78 is 37.9. The molecule has 100 valence electrons. The minimum atomic E-state index is -4.35. The number of halogens is 3. The Morgan fingerprint density at radius 2 is 1.72 bits per heavy atom. The third-order valence-electron chi connectivity index (χ3n) is 3.26. The fourth-order valence-electron chi connectivity index (χ4n) is 2.38. The summed E-state index contributed by atoms with van der Waals surface area (Å²) in [5.41, 5.74) is 5.44. The van der Waals surface area contributed by atoms with E-state index in [1.807, 2.05) is 0 Å². The first-order chi connectivity index (χ1) is 8.45. The van der Waals surface area contributed by atoms with Crippen LogP contribution in [-0.4, -0.2) is 6.04 Å². The average Bonchev–Trinajstić information content (AvgIpc) is 2.28.